The molecule has 1 aliphatic carbocycles. The number of hydrogen-bond acceptors (Lipinski definition) is 3. The summed E-state index contributed by atoms with van der Waals surface area (Å²) in [5.41, 5.74) is 8.09. The van der Waals surface area contributed by atoms with Crippen LogP contribution in [0.4, 0.5) is 0 Å². The molecule has 3 nitrogen and oxygen atoms in total. The average molecular weight is 296 g/mol. The molecule has 0 atom stereocenters. The Bertz CT molecular complexity index is 477. The van der Waals surface area contributed by atoms with Gasteiger partial charge in [0, 0.05) is 16.5 Å². The van der Waals surface area contributed by atoms with E-state index in [2.05, 4.69) is 10.2 Å². The summed E-state index contributed by atoms with van der Waals surface area (Å²) in [6.45, 7) is 0. The van der Waals surface area contributed by atoms with Crippen molar-refractivity contribution in [3.63, 3.8) is 0 Å². The predicted molar refractivity (Wildman–Crippen MR) is 84.9 cm³/mol. The lowest BCUT2D eigenvalue weighted by molar-refractivity contribution is 0.664. The Balaban J connectivity index is 1.87. The summed E-state index contributed by atoms with van der Waals surface area (Å²) in [6.07, 6.45) is 5.87. The fourth-order valence-corrected chi connectivity index (χ4v) is 2.91. The molecule has 0 aliphatic heterocycles. The second-order valence-electron chi connectivity index (χ2n) is 4.55. The van der Waals surface area contributed by atoms with E-state index in [1.165, 1.54) is 36.7 Å². The summed E-state index contributed by atoms with van der Waals surface area (Å²) in [4.78, 5) is 0. The maximum Gasteiger partial charge on any atom is 0.180 e. The Morgan fingerprint density at radius 3 is 2.68 bits per heavy atom. The number of halogens is 1. The van der Waals surface area contributed by atoms with Crippen LogP contribution in [0.5, 0.6) is 0 Å². The Kier molecular flexibility index (Phi) is 5.73. The van der Waals surface area contributed by atoms with E-state index in [4.69, 9.17) is 17.3 Å². The number of nitrogens with zero attached hydrogens (tertiary/aromatic N) is 2. The van der Waals surface area contributed by atoms with Crippen LogP contribution in [-0.2, 0) is 5.75 Å². The van der Waals surface area contributed by atoms with E-state index in [1.807, 2.05) is 24.3 Å². The van der Waals surface area contributed by atoms with Gasteiger partial charge >= 0.3 is 0 Å². The third kappa shape index (κ3) is 4.88. The summed E-state index contributed by atoms with van der Waals surface area (Å²) >= 11 is 7.55. The van der Waals surface area contributed by atoms with Crippen molar-refractivity contribution in [2.75, 3.05) is 0 Å². The molecule has 0 amide bonds. The van der Waals surface area contributed by atoms with Crippen molar-refractivity contribution in [2.45, 2.75) is 37.9 Å². The second-order valence-corrected chi connectivity index (χ2v) is 5.95. The van der Waals surface area contributed by atoms with Crippen LogP contribution in [0.1, 0.15) is 37.7 Å². The lowest BCUT2D eigenvalue weighted by Gasteiger charge is -2.10. The molecule has 2 N–H and O–H groups in total. The molecule has 2 rings (SSSR count). The number of thioether (sulfide) groups is 1. The maximum absolute atomic E-state index is 6.08. The molecule has 0 aromatic heterocycles. The first-order valence-electron chi connectivity index (χ1n) is 6.51. The molecule has 1 aromatic carbocycles. The Morgan fingerprint density at radius 1 is 1.21 bits per heavy atom. The highest BCUT2D eigenvalue weighted by molar-refractivity contribution is 8.13. The van der Waals surface area contributed by atoms with E-state index >= 15 is 0 Å². The SMILES string of the molecule is N/C(=N\N=C1CCCCC1)SCc1ccccc1Cl. The first-order valence-corrected chi connectivity index (χ1v) is 7.87. The smallest absolute Gasteiger partial charge is 0.180 e. The molecule has 1 saturated carbocycles. The van der Waals surface area contributed by atoms with Gasteiger partial charge in [0.15, 0.2) is 5.17 Å². The molecule has 1 fully saturated rings. The van der Waals surface area contributed by atoms with Gasteiger partial charge in [0.25, 0.3) is 0 Å². The standard InChI is InChI=1S/C14H18ClN3S/c15-13-9-5-4-6-11(13)10-19-14(16)18-17-12-7-2-1-3-8-12/h4-6,9H,1-3,7-8,10H2,(H2,16,18). The number of hydrogen-bond donors (Lipinski definition) is 1. The molecule has 0 spiro atoms. The van der Waals surface area contributed by atoms with Gasteiger partial charge in [-0.15, -0.1) is 5.10 Å². The first-order chi connectivity index (χ1) is 9.25. The van der Waals surface area contributed by atoms with Crippen molar-refractivity contribution in [3.05, 3.63) is 34.9 Å². The zero-order valence-electron chi connectivity index (χ0n) is 10.8. The van der Waals surface area contributed by atoms with Crippen molar-refractivity contribution in [3.8, 4) is 0 Å². The van der Waals surface area contributed by atoms with Crippen LogP contribution in [0, 0.1) is 0 Å². The number of rotatable bonds is 3. The molecular formula is C14H18ClN3S. The lowest BCUT2D eigenvalue weighted by atomic mass is 9.99. The van der Waals surface area contributed by atoms with Gasteiger partial charge in [0.05, 0.1) is 0 Å². The predicted octanol–water partition coefficient (Wildman–Crippen LogP) is 4.21. The fourth-order valence-electron chi connectivity index (χ4n) is 1.98. The zero-order chi connectivity index (χ0) is 13.5. The van der Waals surface area contributed by atoms with Gasteiger partial charge in [-0.05, 0) is 37.3 Å². The van der Waals surface area contributed by atoms with E-state index in [1.54, 1.807) is 0 Å². The van der Waals surface area contributed by atoms with Crippen molar-refractivity contribution in [1.82, 2.24) is 0 Å². The highest BCUT2D eigenvalue weighted by atomic mass is 35.5. The third-order valence-corrected chi connectivity index (χ3v) is 4.26. The van der Waals surface area contributed by atoms with Crippen LogP contribution in [0.15, 0.2) is 34.5 Å². The molecule has 0 bridgehead atoms. The molecule has 102 valence electrons. The summed E-state index contributed by atoms with van der Waals surface area (Å²) < 4.78 is 0. The van der Waals surface area contributed by atoms with Gasteiger partial charge < -0.3 is 5.73 Å². The van der Waals surface area contributed by atoms with Crippen LogP contribution >= 0.6 is 23.4 Å². The van der Waals surface area contributed by atoms with Crippen LogP contribution in [0.2, 0.25) is 5.02 Å². The minimum atomic E-state index is 0.498. The van der Waals surface area contributed by atoms with E-state index < -0.39 is 0 Å². The molecule has 0 radical (unpaired) electrons. The Morgan fingerprint density at radius 2 is 1.95 bits per heavy atom. The first kappa shape index (κ1) is 14.4. The molecule has 19 heavy (non-hydrogen) atoms. The highest BCUT2D eigenvalue weighted by Crippen LogP contribution is 2.21. The topological polar surface area (TPSA) is 50.7 Å². The minimum absolute atomic E-state index is 0.498. The lowest BCUT2D eigenvalue weighted by Crippen LogP contribution is -2.08. The normalized spacial score (nSPS) is 16.5. The van der Waals surface area contributed by atoms with Gasteiger partial charge in [0.1, 0.15) is 0 Å². The highest BCUT2D eigenvalue weighted by Gasteiger charge is 2.06. The minimum Gasteiger partial charge on any atom is -0.377 e. The summed E-state index contributed by atoms with van der Waals surface area (Å²) in [7, 11) is 0. The molecular weight excluding hydrogens is 278 g/mol. The Labute approximate surface area is 123 Å². The zero-order valence-corrected chi connectivity index (χ0v) is 12.4. The number of nitrogens with two attached hydrogens (primary N) is 1. The van der Waals surface area contributed by atoms with Crippen LogP contribution in [0.3, 0.4) is 0 Å². The summed E-state index contributed by atoms with van der Waals surface area (Å²) in [5, 5.41) is 9.60. The van der Waals surface area contributed by atoms with E-state index in [9.17, 15) is 0 Å². The summed E-state index contributed by atoms with van der Waals surface area (Å²) in [6, 6.07) is 7.77. The quantitative estimate of drug-likeness (QED) is 0.516. The molecule has 1 aliphatic rings. The van der Waals surface area contributed by atoms with E-state index in [0.717, 1.165) is 29.2 Å². The molecule has 0 unspecified atom stereocenters. The fraction of sp³-hybridized carbons (Fsp3) is 0.429. The maximum atomic E-state index is 6.08. The van der Waals surface area contributed by atoms with E-state index in [-0.39, 0.29) is 0 Å². The second kappa shape index (κ2) is 7.56. The largest absolute Gasteiger partial charge is 0.377 e. The van der Waals surface area contributed by atoms with Crippen LogP contribution in [0.25, 0.3) is 0 Å². The van der Waals surface area contributed by atoms with E-state index in [0.29, 0.717) is 5.17 Å². The van der Waals surface area contributed by atoms with Crippen molar-refractivity contribution < 1.29 is 0 Å². The number of benzene rings is 1. The van der Waals surface area contributed by atoms with Crippen LogP contribution < -0.4 is 5.73 Å². The van der Waals surface area contributed by atoms with Crippen molar-refractivity contribution in [1.29, 1.82) is 0 Å². The van der Waals surface area contributed by atoms with Crippen molar-refractivity contribution >= 4 is 34.2 Å². The molecule has 1 aromatic rings. The number of amidine groups is 1. The van der Waals surface area contributed by atoms with Gasteiger partial charge in [-0.3, -0.25) is 0 Å². The molecule has 0 saturated heterocycles. The molecule has 5 heteroatoms. The van der Waals surface area contributed by atoms with Crippen molar-refractivity contribution in [2.24, 2.45) is 15.9 Å². The van der Waals surface area contributed by atoms with Gasteiger partial charge in [0.2, 0.25) is 0 Å². The van der Waals surface area contributed by atoms with Crippen LogP contribution in [-0.4, -0.2) is 10.9 Å². The summed E-state index contributed by atoms with van der Waals surface area (Å²) in [5.74, 6) is 0.722. The third-order valence-electron chi connectivity index (χ3n) is 3.05. The monoisotopic (exact) mass is 295 g/mol. The van der Waals surface area contributed by atoms with Gasteiger partial charge in [-0.25, -0.2) is 0 Å². The van der Waals surface area contributed by atoms with Gasteiger partial charge in [-0.2, -0.15) is 5.10 Å². The Hall–Kier alpha value is -1.00. The van der Waals surface area contributed by atoms with Gasteiger partial charge in [-0.1, -0.05) is 48.0 Å². The average Bonchev–Trinajstić information content (AvgIpc) is 2.45. The molecule has 0 heterocycles.